The Kier molecular flexibility index (Phi) is 5.02. The monoisotopic (exact) mass is 419 g/mol. The molecule has 1 aromatic carbocycles. The third kappa shape index (κ3) is 3.95. The fourth-order valence-electron chi connectivity index (χ4n) is 3.52. The molecule has 1 unspecified atom stereocenters. The van der Waals surface area contributed by atoms with E-state index in [0.717, 1.165) is 53.4 Å². The van der Waals surface area contributed by atoms with E-state index in [1.807, 2.05) is 29.2 Å². The lowest BCUT2D eigenvalue weighted by Gasteiger charge is -2.31. The zero-order valence-electron chi connectivity index (χ0n) is 14.6. The van der Waals surface area contributed by atoms with Gasteiger partial charge < -0.3 is 14.1 Å². The second-order valence-electron chi connectivity index (χ2n) is 7.21. The van der Waals surface area contributed by atoms with Crippen LogP contribution in [0.2, 0.25) is 0 Å². The quantitative estimate of drug-likeness (QED) is 0.688. The maximum absolute atomic E-state index is 12.4. The van der Waals surface area contributed by atoms with E-state index in [1.54, 1.807) is 0 Å². The molecule has 1 aliphatic heterocycles. The van der Waals surface area contributed by atoms with Gasteiger partial charge >= 0.3 is 5.97 Å². The highest BCUT2D eigenvalue weighted by atomic mass is 79.9. The molecular weight excluding hydrogens is 398 g/mol. The van der Waals surface area contributed by atoms with Gasteiger partial charge in [-0.2, -0.15) is 0 Å². The number of rotatable bonds is 5. The van der Waals surface area contributed by atoms with Gasteiger partial charge in [-0.1, -0.05) is 15.9 Å². The van der Waals surface area contributed by atoms with E-state index in [4.69, 9.17) is 9.15 Å². The van der Waals surface area contributed by atoms with Crippen molar-refractivity contribution in [1.82, 2.24) is 4.90 Å². The molecule has 0 N–H and O–H groups in total. The summed E-state index contributed by atoms with van der Waals surface area (Å²) in [5, 5.41) is 1.03. The number of hydrogen-bond acceptors (Lipinski definition) is 4. The second-order valence-corrected chi connectivity index (χ2v) is 8.13. The number of hydrogen-bond donors (Lipinski definition) is 0. The van der Waals surface area contributed by atoms with Crippen molar-refractivity contribution in [3.05, 3.63) is 34.5 Å². The molecule has 5 nitrogen and oxygen atoms in total. The van der Waals surface area contributed by atoms with Gasteiger partial charge in [0.1, 0.15) is 11.3 Å². The molecule has 138 valence electrons. The SMILES string of the molecule is O=C(OCCc1cc2cc(Br)ccc2o1)C1CCCN(C(=O)C2CC2)C1. The Morgan fingerprint density at radius 2 is 2.04 bits per heavy atom. The Bertz CT molecular complexity index is 826. The molecule has 26 heavy (non-hydrogen) atoms. The van der Waals surface area contributed by atoms with Gasteiger partial charge in [0.05, 0.1) is 12.5 Å². The minimum absolute atomic E-state index is 0.196. The Labute approximate surface area is 160 Å². The lowest BCUT2D eigenvalue weighted by molar-refractivity contribution is -0.151. The van der Waals surface area contributed by atoms with Crippen LogP contribution in [0.5, 0.6) is 0 Å². The van der Waals surface area contributed by atoms with Crippen molar-refractivity contribution in [2.24, 2.45) is 11.8 Å². The number of benzene rings is 1. The minimum Gasteiger partial charge on any atom is -0.465 e. The summed E-state index contributed by atoms with van der Waals surface area (Å²) < 4.78 is 12.2. The topological polar surface area (TPSA) is 59.8 Å². The molecule has 0 spiro atoms. The van der Waals surface area contributed by atoms with Crippen LogP contribution < -0.4 is 0 Å². The van der Waals surface area contributed by atoms with Crippen LogP contribution in [0, 0.1) is 11.8 Å². The largest absolute Gasteiger partial charge is 0.465 e. The van der Waals surface area contributed by atoms with E-state index < -0.39 is 0 Å². The summed E-state index contributed by atoms with van der Waals surface area (Å²) in [5.41, 5.74) is 0.830. The molecule has 2 aliphatic rings. The lowest BCUT2D eigenvalue weighted by Crippen LogP contribution is -2.43. The molecule has 1 atom stereocenters. The lowest BCUT2D eigenvalue weighted by atomic mass is 9.98. The second kappa shape index (κ2) is 7.43. The molecule has 0 radical (unpaired) electrons. The zero-order valence-corrected chi connectivity index (χ0v) is 16.2. The van der Waals surface area contributed by atoms with Crippen LogP contribution >= 0.6 is 15.9 Å². The number of nitrogens with zero attached hydrogens (tertiary/aromatic N) is 1. The van der Waals surface area contributed by atoms with Gasteiger partial charge in [-0.15, -0.1) is 0 Å². The van der Waals surface area contributed by atoms with Crippen molar-refractivity contribution in [2.45, 2.75) is 32.1 Å². The van der Waals surface area contributed by atoms with Gasteiger partial charge in [-0.05, 0) is 49.9 Å². The van der Waals surface area contributed by atoms with Crippen molar-refractivity contribution in [3.8, 4) is 0 Å². The van der Waals surface area contributed by atoms with Gasteiger partial charge in [0.15, 0.2) is 0 Å². The molecule has 0 bridgehead atoms. The Morgan fingerprint density at radius 1 is 1.19 bits per heavy atom. The highest BCUT2D eigenvalue weighted by Gasteiger charge is 2.37. The first-order chi connectivity index (χ1) is 12.6. The van der Waals surface area contributed by atoms with Gasteiger partial charge in [0.2, 0.25) is 5.91 Å². The number of halogens is 1. The first-order valence-electron chi connectivity index (χ1n) is 9.23. The first kappa shape index (κ1) is 17.6. The van der Waals surface area contributed by atoms with Crippen LogP contribution in [0.4, 0.5) is 0 Å². The maximum Gasteiger partial charge on any atom is 0.310 e. The summed E-state index contributed by atoms with van der Waals surface area (Å²) in [6.07, 6.45) is 4.22. The fourth-order valence-corrected chi connectivity index (χ4v) is 3.90. The van der Waals surface area contributed by atoms with Crippen LogP contribution in [-0.4, -0.2) is 36.5 Å². The molecule has 4 rings (SSSR count). The molecule has 2 heterocycles. The Hall–Kier alpha value is -1.82. The number of ether oxygens (including phenoxy) is 1. The van der Waals surface area contributed by atoms with Gasteiger partial charge in [0, 0.05) is 35.3 Å². The number of furan rings is 1. The molecule has 1 aliphatic carbocycles. The molecule has 6 heteroatoms. The van der Waals surface area contributed by atoms with Crippen LogP contribution in [0.15, 0.2) is 33.2 Å². The average Bonchev–Trinajstić information content (AvgIpc) is 3.41. The number of fused-ring (bicyclic) bond motifs is 1. The number of carbonyl (C=O) groups is 2. The molecule has 2 fully saturated rings. The van der Waals surface area contributed by atoms with Crippen LogP contribution in [0.3, 0.4) is 0 Å². The fraction of sp³-hybridized carbons (Fsp3) is 0.500. The third-order valence-electron chi connectivity index (χ3n) is 5.12. The van der Waals surface area contributed by atoms with Crippen molar-refractivity contribution >= 4 is 38.8 Å². The van der Waals surface area contributed by atoms with Crippen LogP contribution in [-0.2, 0) is 20.7 Å². The maximum atomic E-state index is 12.4. The molecular formula is C20H22BrNO4. The summed E-state index contributed by atoms with van der Waals surface area (Å²) in [5.74, 6) is 0.837. The molecule has 2 aromatic rings. The van der Waals surface area contributed by atoms with Crippen molar-refractivity contribution in [3.63, 3.8) is 0 Å². The van der Waals surface area contributed by atoms with E-state index in [0.29, 0.717) is 19.6 Å². The van der Waals surface area contributed by atoms with Gasteiger partial charge in [0.25, 0.3) is 0 Å². The average molecular weight is 420 g/mol. The first-order valence-corrected chi connectivity index (χ1v) is 10.0. The van der Waals surface area contributed by atoms with Crippen molar-refractivity contribution in [1.29, 1.82) is 0 Å². The number of likely N-dealkylation sites (tertiary alicyclic amines) is 1. The highest BCUT2D eigenvalue weighted by molar-refractivity contribution is 9.10. The summed E-state index contributed by atoms with van der Waals surface area (Å²) >= 11 is 3.45. The zero-order chi connectivity index (χ0) is 18.1. The summed E-state index contributed by atoms with van der Waals surface area (Å²) in [6.45, 7) is 1.58. The minimum atomic E-state index is -0.197. The van der Waals surface area contributed by atoms with E-state index in [-0.39, 0.29) is 23.7 Å². The third-order valence-corrected chi connectivity index (χ3v) is 5.61. The number of piperidine rings is 1. The van der Waals surface area contributed by atoms with E-state index >= 15 is 0 Å². The van der Waals surface area contributed by atoms with Crippen LogP contribution in [0.1, 0.15) is 31.4 Å². The molecule has 1 saturated carbocycles. The number of carbonyl (C=O) groups excluding carboxylic acids is 2. The molecule has 1 aromatic heterocycles. The van der Waals surface area contributed by atoms with E-state index in [9.17, 15) is 9.59 Å². The number of amides is 1. The Morgan fingerprint density at radius 3 is 2.85 bits per heavy atom. The van der Waals surface area contributed by atoms with Gasteiger partial charge in [-0.25, -0.2) is 0 Å². The normalized spacial score (nSPS) is 20.3. The van der Waals surface area contributed by atoms with Gasteiger partial charge in [-0.3, -0.25) is 9.59 Å². The van der Waals surface area contributed by atoms with E-state index in [2.05, 4.69) is 15.9 Å². The standard InChI is InChI=1S/C20H22BrNO4/c21-16-5-6-18-15(10-16)11-17(26-18)7-9-25-20(24)14-2-1-8-22(12-14)19(23)13-3-4-13/h5-6,10-11,13-14H,1-4,7-9,12H2. The summed E-state index contributed by atoms with van der Waals surface area (Å²) in [6, 6.07) is 7.84. The smallest absolute Gasteiger partial charge is 0.310 e. The van der Waals surface area contributed by atoms with Crippen molar-refractivity contribution < 1.29 is 18.7 Å². The molecule has 1 amide bonds. The summed E-state index contributed by atoms with van der Waals surface area (Å²) in [4.78, 5) is 26.4. The van der Waals surface area contributed by atoms with Crippen molar-refractivity contribution in [2.75, 3.05) is 19.7 Å². The van der Waals surface area contributed by atoms with E-state index in [1.165, 1.54) is 0 Å². The Balaban J connectivity index is 1.28. The molecule has 1 saturated heterocycles. The predicted molar refractivity (Wildman–Crippen MR) is 101 cm³/mol. The summed E-state index contributed by atoms with van der Waals surface area (Å²) in [7, 11) is 0. The number of esters is 1. The van der Waals surface area contributed by atoms with Crippen LogP contribution in [0.25, 0.3) is 11.0 Å². The predicted octanol–water partition coefficient (Wildman–Crippen LogP) is 3.93. The highest BCUT2D eigenvalue weighted by Crippen LogP contribution is 2.32.